The Morgan fingerprint density at radius 2 is 2.00 bits per heavy atom. The number of ether oxygens (including phenoxy) is 1. The highest BCUT2D eigenvalue weighted by molar-refractivity contribution is 8.00. The van der Waals surface area contributed by atoms with Crippen molar-refractivity contribution >= 4 is 29.0 Å². The zero-order chi connectivity index (χ0) is 13.3. The summed E-state index contributed by atoms with van der Waals surface area (Å²) in [4.78, 5) is 2.23. The molecule has 0 fully saturated rings. The SMILES string of the molecule is COCCN(CCSC(F)(F)F)CCC(N)=S. The normalized spacial score (nSPS) is 12.1. The van der Waals surface area contributed by atoms with Crippen LogP contribution in [0.5, 0.6) is 0 Å². The fraction of sp³-hybridized carbons (Fsp3) is 0.889. The van der Waals surface area contributed by atoms with E-state index in [9.17, 15) is 13.2 Å². The van der Waals surface area contributed by atoms with E-state index in [-0.39, 0.29) is 17.5 Å². The summed E-state index contributed by atoms with van der Waals surface area (Å²) in [5, 5.41) is 0. The number of thiocarbonyl (C=S) groups is 1. The standard InChI is InChI=1S/C9H17F3N2OS2/c1-15-6-4-14(3-2-8(13)16)5-7-17-9(10,11)12/h2-7H2,1H3,(H2,13,16). The number of hydrogen-bond acceptors (Lipinski definition) is 4. The fourth-order valence-electron chi connectivity index (χ4n) is 1.11. The first-order chi connectivity index (χ1) is 7.85. The summed E-state index contributed by atoms with van der Waals surface area (Å²) < 4.78 is 40.7. The Kier molecular flexibility index (Phi) is 8.93. The van der Waals surface area contributed by atoms with E-state index in [0.717, 1.165) is 0 Å². The number of rotatable bonds is 9. The predicted molar refractivity (Wildman–Crippen MR) is 68.2 cm³/mol. The second kappa shape index (κ2) is 8.96. The van der Waals surface area contributed by atoms with Crippen LogP contribution in [0, 0.1) is 0 Å². The molecule has 8 heteroatoms. The van der Waals surface area contributed by atoms with Crippen LogP contribution in [0.25, 0.3) is 0 Å². The van der Waals surface area contributed by atoms with Crippen LogP contribution in [-0.4, -0.2) is 54.5 Å². The molecule has 102 valence electrons. The zero-order valence-electron chi connectivity index (χ0n) is 9.63. The van der Waals surface area contributed by atoms with Gasteiger partial charge in [-0.2, -0.15) is 13.2 Å². The van der Waals surface area contributed by atoms with Crippen LogP contribution in [0.15, 0.2) is 0 Å². The Morgan fingerprint density at radius 1 is 1.35 bits per heavy atom. The lowest BCUT2D eigenvalue weighted by Crippen LogP contribution is -2.33. The van der Waals surface area contributed by atoms with Gasteiger partial charge in [-0.1, -0.05) is 12.2 Å². The van der Waals surface area contributed by atoms with Crippen LogP contribution in [-0.2, 0) is 4.74 Å². The minimum Gasteiger partial charge on any atom is -0.393 e. The van der Waals surface area contributed by atoms with Gasteiger partial charge in [0.1, 0.15) is 0 Å². The lowest BCUT2D eigenvalue weighted by atomic mass is 10.3. The van der Waals surface area contributed by atoms with E-state index in [1.165, 1.54) is 0 Å². The van der Waals surface area contributed by atoms with Crippen molar-refractivity contribution in [3.05, 3.63) is 0 Å². The molecule has 0 saturated heterocycles. The fourth-order valence-corrected chi connectivity index (χ4v) is 1.79. The highest BCUT2D eigenvalue weighted by Crippen LogP contribution is 2.29. The third kappa shape index (κ3) is 12.2. The third-order valence-electron chi connectivity index (χ3n) is 1.96. The molecule has 2 N–H and O–H groups in total. The van der Waals surface area contributed by atoms with Crippen LogP contribution in [0.3, 0.4) is 0 Å². The topological polar surface area (TPSA) is 38.5 Å². The summed E-state index contributed by atoms with van der Waals surface area (Å²) >= 11 is 4.72. The van der Waals surface area contributed by atoms with Gasteiger partial charge in [0, 0.05) is 38.9 Å². The lowest BCUT2D eigenvalue weighted by Gasteiger charge is -2.21. The number of alkyl halides is 3. The van der Waals surface area contributed by atoms with Crippen molar-refractivity contribution in [1.82, 2.24) is 4.90 Å². The average Bonchev–Trinajstić information content (AvgIpc) is 2.19. The van der Waals surface area contributed by atoms with Crippen molar-refractivity contribution in [1.29, 1.82) is 0 Å². The first-order valence-corrected chi connectivity index (χ1v) is 6.45. The average molecular weight is 290 g/mol. The Morgan fingerprint density at radius 3 is 2.47 bits per heavy atom. The highest BCUT2D eigenvalue weighted by Gasteiger charge is 2.27. The lowest BCUT2D eigenvalue weighted by molar-refractivity contribution is -0.0328. The van der Waals surface area contributed by atoms with E-state index in [0.29, 0.717) is 37.7 Å². The number of methoxy groups -OCH3 is 1. The van der Waals surface area contributed by atoms with Gasteiger partial charge < -0.3 is 10.5 Å². The maximum atomic E-state index is 12.0. The summed E-state index contributed by atoms with van der Waals surface area (Å²) in [5.74, 6) is 0.00451. The second-order valence-electron chi connectivity index (χ2n) is 3.34. The maximum absolute atomic E-state index is 12.0. The predicted octanol–water partition coefficient (Wildman–Crippen LogP) is 1.86. The van der Waals surface area contributed by atoms with E-state index in [2.05, 4.69) is 0 Å². The van der Waals surface area contributed by atoms with Gasteiger partial charge in [-0.15, -0.1) is 0 Å². The summed E-state index contributed by atoms with van der Waals surface area (Å²) in [6, 6.07) is 0. The van der Waals surface area contributed by atoms with Gasteiger partial charge in [-0.05, 0) is 11.8 Å². The largest absolute Gasteiger partial charge is 0.441 e. The van der Waals surface area contributed by atoms with Crippen molar-refractivity contribution in [3.8, 4) is 0 Å². The molecule has 0 bridgehead atoms. The minimum atomic E-state index is -4.17. The second-order valence-corrected chi connectivity index (χ2v) is 5.03. The van der Waals surface area contributed by atoms with E-state index < -0.39 is 5.51 Å². The van der Waals surface area contributed by atoms with E-state index in [1.807, 2.05) is 4.90 Å². The van der Waals surface area contributed by atoms with Gasteiger partial charge in [0.25, 0.3) is 0 Å². The van der Waals surface area contributed by atoms with Crippen molar-refractivity contribution in [2.75, 3.05) is 39.1 Å². The van der Waals surface area contributed by atoms with Crippen LogP contribution < -0.4 is 5.73 Å². The van der Waals surface area contributed by atoms with Crippen molar-refractivity contribution in [3.63, 3.8) is 0 Å². The molecule has 0 heterocycles. The molecule has 0 rings (SSSR count). The van der Waals surface area contributed by atoms with Gasteiger partial charge in [-0.25, -0.2) is 0 Å². The first-order valence-electron chi connectivity index (χ1n) is 5.05. The molecule has 17 heavy (non-hydrogen) atoms. The molecular formula is C9H17F3N2OS2. The van der Waals surface area contributed by atoms with Gasteiger partial charge in [0.15, 0.2) is 0 Å². The molecule has 0 spiro atoms. The van der Waals surface area contributed by atoms with Crippen LogP contribution in [0.2, 0.25) is 0 Å². The molecule has 0 amide bonds. The van der Waals surface area contributed by atoms with Gasteiger partial charge in [0.2, 0.25) is 0 Å². The van der Waals surface area contributed by atoms with Gasteiger partial charge in [-0.3, -0.25) is 4.90 Å². The van der Waals surface area contributed by atoms with Crippen LogP contribution in [0.1, 0.15) is 6.42 Å². The highest BCUT2D eigenvalue weighted by atomic mass is 32.2. The van der Waals surface area contributed by atoms with Crippen molar-refractivity contribution in [2.24, 2.45) is 5.73 Å². The molecule has 0 atom stereocenters. The number of nitrogens with zero attached hydrogens (tertiary/aromatic N) is 1. The molecule has 0 unspecified atom stereocenters. The summed E-state index contributed by atoms with van der Waals surface area (Å²) in [5.41, 5.74) is 1.19. The van der Waals surface area contributed by atoms with Gasteiger partial charge in [0.05, 0.1) is 11.6 Å². The molecule has 0 aromatic heterocycles. The molecule has 0 aliphatic heterocycles. The Labute approximate surface area is 109 Å². The first kappa shape index (κ1) is 16.9. The summed E-state index contributed by atoms with van der Waals surface area (Å²) in [6.07, 6.45) is 0.510. The minimum absolute atomic E-state index is 0.00451. The molecule has 0 aliphatic carbocycles. The number of hydrogen-bond donors (Lipinski definition) is 1. The van der Waals surface area contributed by atoms with Crippen LogP contribution in [0.4, 0.5) is 13.2 Å². The monoisotopic (exact) mass is 290 g/mol. The number of nitrogens with two attached hydrogens (primary N) is 1. The number of halogens is 3. The Bertz CT molecular complexity index is 227. The summed E-state index contributed by atoms with van der Waals surface area (Å²) in [6.45, 7) is 1.97. The van der Waals surface area contributed by atoms with E-state index in [4.69, 9.17) is 22.7 Å². The molecule has 0 saturated carbocycles. The molecule has 0 aromatic carbocycles. The molecular weight excluding hydrogens is 273 g/mol. The molecule has 0 aromatic rings. The number of thioether (sulfide) groups is 1. The Hall–Kier alpha value is -0.0500. The van der Waals surface area contributed by atoms with E-state index >= 15 is 0 Å². The Balaban J connectivity index is 3.88. The summed E-state index contributed by atoms with van der Waals surface area (Å²) in [7, 11) is 1.55. The smallest absolute Gasteiger partial charge is 0.393 e. The zero-order valence-corrected chi connectivity index (χ0v) is 11.3. The molecule has 0 aliphatic rings. The maximum Gasteiger partial charge on any atom is 0.441 e. The molecule has 3 nitrogen and oxygen atoms in total. The van der Waals surface area contributed by atoms with Crippen LogP contribution >= 0.6 is 24.0 Å². The van der Waals surface area contributed by atoms with Crippen molar-refractivity contribution in [2.45, 2.75) is 11.9 Å². The quantitative estimate of drug-likeness (QED) is 0.656. The van der Waals surface area contributed by atoms with Crippen molar-refractivity contribution < 1.29 is 17.9 Å². The third-order valence-corrected chi connectivity index (χ3v) is 2.88. The van der Waals surface area contributed by atoms with E-state index in [1.54, 1.807) is 7.11 Å². The van der Waals surface area contributed by atoms with Gasteiger partial charge >= 0.3 is 5.51 Å². The molecule has 0 radical (unpaired) electrons.